The van der Waals surface area contributed by atoms with Crippen LogP contribution >= 0.6 is 27.5 Å². The maximum atomic E-state index is 12.2. The van der Waals surface area contributed by atoms with Crippen LogP contribution in [0, 0.1) is 0 Å². The normalized spacial score (nSPS) is 11.2. The molecule has 0 unspecified atom stereocenters. The number of oxazole rings is 1. The molecule has 0 spiro atoms. The molecule has 0 aliphatic carbocycles. The number of aliphatic carboxylic acids is 1. The monoisotopic (exact) mass is 510 g/mol. The van der Waals surface area contributed by atoms with Crippen LogP contribution in [0.15, 0.2) is 75.6 Å². The number of carboxylic acid groups (broad SMARTS) is 1. The van der Waals surface area contributed by atoms with Crippen molar-refractivity contribution in [1.29, 1.82) is 0 Å². The third-order valence-corrected chi connectivity index (χ3v) is 5.41. The van der Waals surface area contributed by atoms with E-state index in [1.54, 1.807) is 42.5 Å². The fraction of sp³-hybridized carbons (Fsp3) is 0.0417. The summed E-state index contributed by atoms with van der Waals surface area (Å²) in [7, 11) is 0. The number of fused-ring (bicyclic) bond motifs is 1. The minimum atomic E-state index is -0.920. The maximum absolute atomic E-state index is 12.2. The molecule has 2 N–H and O–H groups in total. The van der Waals surface area contributed by atoms with Gasteiger partial charge in [0, 0.05) is 16.2 Å². The second kappa shape index (κ2) is 9.38. The average Bonchev–Trinajstić information content (AvgIpc) is 3.16. The SMILES string of the molecule is O=C(O)Cc1ccc2nc(-c3ccc(NC(=O)/C=C/c4ccc(Br)cc4)cc3Cl)oc2c1. The minimum Gasteiger partial charge on any atom is -0.481 e. The van der Waals surface area contributed by atoms with Crippen molar-refractivity contribution in [3.8, 4) is 11.5 Å². The summed E-state index contributed by atoms with van der Waals surface area (Å²) in [5.41, 5.74) is 3.69. The molecule has 0 fully saturated rings. The van der Waals surface area contributed by atoms with Crippen LogP contribution in [0.1, 0.15) is 11.1 Å². The first-order valence-corrected chi connectivity index (χ1v) is 10.7. The zero-order valence-corrected chi connectivity index (χ0v) is 18.9. The lowest BCUT2D eigenvalue weighted by Gasteiger charge is -2.05. The molecule has 0 atom stereocenters. The van der Waals surface area contributed by atoms with E-state index in [-0.39, 0.29) is 12.3 Å². The summed E-state index contributed by atoms with van der Waals surface area (Å²) < 4.78 is 6.75. The second-order valence-electron chi connectivity index (χ2n) is 6.96. The van der Waals surface area contributed by atoms with Crippen LogP contribution < -0.4 is 5.32 Å². The van der Waals surface area contributed by atoms with Gasteiger partial charge in [0.15, 0.2) is 5.58 Å². The van der Waals surface area contributed by atoms with Crippen molar-refractivity contribution < 1.29 is 19.1 Å². The van der Waals surface area contributed by atoms with Gasteiger partial charge in [0.2, 0.25) is 11.8 Å². The molecule has 4 rings (SSSR count). The van der Waals surface area contributed by atoms with Crippen molar-refractivity contribution in [2.75, 3.05) is 5.32 Å². The van der Waals surface area contributed by atoms with E-state index >= 15 is 0 Å². The van der Waals surface area contributed by atoms with E-state index in [0.29, 0.717) is 38.8 Å². The Labute approximate surface area is 196 Å². The maximum Gasteiger partial charge on any atom is 0.307 e. The van der Waals surface area contributed by atoms with E-state index in [9.17, 15) is 9.59 Å². The lowest BCUT2D eigenvalue weighted by molar-refractivity contribution is -0.136. The number of carboxylic acids is 1. The summed E-state index contributed by atoms with van der Waals surface area (Å²) in [5.74, 6) is -0.897. The van der Waals surface area contributed by atoms with Gasteiger partial charge in [-0.2, -0.15) is 0 Å². The quantitative estimate of drug-likeness (QED) is 0.301. The van der Waals surface area contributed by atoms with Crippen molar-refractivity contribution in [3.05, 3.63) is 87.4 Å². The van der Waals surface area contributed by atoms with Gasteiger partial charge in [-0.1, -0.05) is 45.7 Å². The van der Waals surface area contributed by atoms with E-state index in [0.717, 1.165) is 10.0 Å². The van der Waals surface area contributed by atoms with E-state index in [1.165, 1.54) is 6.08 Å². The number of benzene rings is 3. The first-order chi connectivity index (χ1) is 15.4. The largest absolute Gasteiger partial charge is 0.481 e. The number of rotatable bonds is 6. The highest BCUT2D eigenvalue weighted by Crippen LogP contribution is 2.32. The Bertz CT molecular complexity index is 1350. The third-order valence-electron chi connectivity index (χ3n) is 4.57. The van der Waals surface area contributed by atoms with Crippen molar-refractivity contribution in [1.82, 2.24) is 4.98 Å². The Kier molecular flexibility index (Phi) is 6.39. The number of amides is 1. The molecule has 0 bridgehead atoms. The first-order valence-electron chi connectivity index (χ1n) is 9.53. The summed E-state index contributed by atoms with van der Waals surface area (Å²) >= 11 is 9.78. The molecule has 0 saturated heterocycles. The molecule has 8 heteroatoms. The van der Waals surface area contributed by atoms with E-state index in [1.807, 2.05) is 24.3 Å². The lowest BCUT2D eigenvalue weighted by Crippen LogP contribution is -2.07. The van der Waals surface area contributed by atoms with E-state index in [2.05, 4.69) is 26.2 Å². The Hall–Kier alpha value is -3.42. The second-order valence-corrected chi connectivity index (χ2v) is 8.28. The molecule has 32 heavy (non-hydrogen) atoms. The molecule has 4 aromatic rings. The van der Waals surface area contributed by atoms with Gasteiger partial charge in [0.05, 0.1) is 17.0 Å². The molecule has 0 aliphatic rings. The number of carbonyl (C=O) groups is 2. The molecule has 0 saturated carbocycles. The predicted octanol–water partition coefficient (Wildman–Crippen LogP) is 6.19. The van der Waals surface area contributed by atoms with Crippen LogP contribution in [0.5, 0.6) is 0 Å². The number of hydrogen-bond donors (Lipinski definition) is 2. The molecule has 3 aromatic carbocycles. The molecular weight excluding hydrogens is 496 g/mol. The average molecular weight is 512 g/mol. The predicted molar refractivity (Wildman–Crippen MR) is 128 cm³/mol. The van der Waals surface area contributed by atoms with Gasteiger partial charge >= 0.3 is 5.97 Å². The molecule has 0 aliphatic heterocycles. The Morgan fingerprint density at radius 1 is 1.09 bits per heavy atom. The number of aromatic nitrogens is 1. The van der Waals surface area contributed by atoms with Gasteiger partial charge < -0.3 is 14.8 Å². The van der Waals surface area contributed by atoms with Crippen LogP contribution in [-0.4, -0.2) is 22.0 Å². The number of anilines is 1. The smallest absolute Gasteiger partial charge is 0.307 e. The fourth-order valence-corrected chi connectivity index (χ4v) is 3.59. The number of nitrogens with one attached hydrogen (secondary N) is 1. The summed E-state index contributed by atoms with van der Waals surface area (Å²) in [5, 5.41) is 12.1. The molecule has 1 heterocycles. The van der Waals surface area contributed by atoms with Gasteiger partial charge in [-0.15, -0.1) is 0 Å². The number of nitrogens with zero attached hydrogens (tertiary/aromatic N) is 1. The molecule has 1 amide bonds. The van der Waals surface area contributed by atoms with E-state index in [4.69, 9.17) is 21.1 Å². The molecule has 6 nitrogen and oxygen atoms in total. The number of halogens is 2. The Morgan fingerprint density at radius 3 is 2.59 bits per heavy atom. The van der Waals surface area contributed by atoms with Crippen LogP contribution in [0.2, 0.25) is 5.02 Å². The lowest BCUT2D eigenvalue weighted by atomic mass is 10.1. The summed E-state index contributed by atoms with van der Waals surface area (Å²) in [4.78, 5) is 27.6. The Balaban J connectivity index is 1.49. The highest BCUT2D eigenvalue weighted by Gasteiger charge is 2.14. The van der Waals surface area contributed by atoms with Crippen LogP contribution in [0.25, 0.3) is 28.6 Å². The highest BCUT2D eigenvalue weighted by atomic mass is 79.9. The van der Waals surface area contributed by atoms with Crippen molar-refractivity contribution >= 4 is 62.3 Å². The van der Waals surface area contributed by atoms with Crippen LogP contribution in [-0.2, 0) is 16.0 Å². The standard InChI is InChI=1S/C24H16BrClN2O4/c25-16-5-1-14(2-6-16)4-10-22(29)27-17-7-8-18(19(26)13-17)24-28-20-9-3-15(12-23(30)31)11-21(20)32-24/h1-11,13H,12H2,(H,27,29)(H,30,31)/b10-4+. The van der Waals surface area contributed by atoms with Crippen molar-refractivity contribution in [3.63, 3.8) is 0 Å². The van der Waals surface area contributed by atoms with Crippen molar-refractivity contribution in [2.24, 2.45) is 0 Å². The molecule has 160 valence electrons. The van der Waals surface area contributed by atoms with E-state index < -0.39 is 5.97 Å². The van der Waals surface area contributed by atoms with Gasteiger partial charge in [0.1, 0.15) is 5.52 Å². The van der Waals surface area contributed by atoms with Crippen molar-refractivity contribution in [2.45, 2.75) is 6.42 Å². The van der Waals surface area contributed by atoms with Gasteiger partial charge in [-0.3, -0.25) is 9.59 Å². The summed E-state index contributed by atoms with van der Waals surface area (Å²) in [6.45, 7) is 0. The fourth-order valence-electron chi connectivity index (χ4n) is 3.06. The minimum absolute atomic E-state index is 0.0998. The zero-order valence-electron chi connectivity index (χ0n) is 16.5. The Morgan fingerprint density at radius 2 is 1.88 bits per heavy atom. The number of carbonyl (C=O) groups excluding carboxylic acids is 1. The molecular formula is C24H16BrClN2O4. The van der Waals surface area contributed by atoms with Gasteiger partial charge in [-0.25, -0.2) is 4.98 Å². The summed E-state index contributed by atoms with van der Waals surface area (Å²) in [6.07, 6.45) is 3.06. The van der Waals surface area contributed by atoms with Crippen LogP contribution in [0.4, 0.5) is 5.69 Å². The van der Waals surface area contributed by atoms with Crippen LogP contribution in [0.3, 0.4) is 0 Å². The molecule has 1 aromatic heterocycles. The first kappa shape index (κ1) is 21.8. The zero-order chi connectivity index (χ0) is 22.7. The van der Waals surface area contributed by atoms with Gasteiger partial charge in [-0.05, 0) is 59.7 Å². The highest BCUT2D eigenvalue weighted by molar-refractivity contribution is 9.10. The topological polar surface area (TPSA) is 92.4 Å². The number of hydrogen-bond acceptors (Lipinski definition) is 4. The molecule has 0 radical (unpaired) electrons. The summed E-state index contributed by atoms with van der Waals surface area (Å²) in [6, 6.07) is 17.7. The van der Waals surface area contributed by atoms with Gasteiger partial charge in [0.25, 0.3) is 0 Å². The third kappa shape index (κ3) is 5.25.